The molecule has 0 spiro atoms. The minimum atomic E-state index is -1.65. The van der Waals surface area contributed by atoms with E-state index in [1.54, 1.807) is 0 Å². The van der Waals surface area contributed by atoms with Crippen LogP contribution in [0.25, 0.3) is 0 Å². The molecule has 0 aromatic carbocycles. The normalized spacial score (nSPS) is 14.1. The molecule has 0 aromatic heterocycles. The van der Waals surface area contributed by atoms with Crippen molar-refractivity contribution < 1.29 is 42.9 Å². The van der Waals surface area contributed by atoms with E-state index < -0.39 is 30.3 Å². The second kappa shape index (κ2) is 51.3. The summed E-state index contributed by atoms with van der Waals surface area (Å²) in [6.45, 7) is 4.37. The van der Waals surface area contributed by atoms with Crippen molar-refractivity contribution in [1.29, 1.82) is 0 Å². The van der Waals surface area contributed by atoms with E-state index in [1.165, 1.54) is 0 Å². The Balaban J connectivity index is 4.47. The fourth-order valence-electron chi connectivity index (χ4n) is 6.23. The van der Waals surface area contributed by atoms with E-state index in [0.717, 1.165) is 116 Å². The lowest BCUT2D eigenvalue weighted by Crippen LogP contribution is -2.44. The van der Waals surface area contributed by atoms with Crippen molar-refractivity contribution in [3.05, 3.63) is 158 Å². The minimum Gasteiger partial charge on any atom is -0.545 e. The van der Waals surface area contributed by atoms with Crippen LogP contribution in [0.15, 0.2) is 158 Å². The predicted molar refractivity (Wildman–Crippen MR) is 296 cm³/mol. The van der Waals surface area contributed by atoms with Gasteiger partial charge in [-0.25, -0.2) is 0 Å². The number of carbonyl (C=O) groups excluding carboxylic acids is 3. The summed E-state index contributed by atoms with van der Waals surface area (Å²) in [6, 6.07) is 0. The molecule has 0 heterocycles. The Morgan fingerprint density at radius 1 is 0.423 bits per heavy atom. The molecule has 396 valence electrons. The van der Waals surface area contributed by atoms with Gasteiger partial charge in [-0.1, -0.05) is 185 Å². The van der Waals surface area contributed by atoms with Crippen LogP contribution in [-0.4, -0.2) is 82.3 Å². The Bertz CT molecular complexity index is 1710. The number of nitrogens with zero attached hydrogens (tertiary/aromatic N) is 1. The Hall–Kier alpha value is -5.09. The van der Waals surface area contributed by atoms with Crippen molar-refractivity contribution in [3.8, 4) is 0 Å². The van der Waals surface area contributed by atoms with E-state index in [9.17, 15) is 19.5 Å². The first-order valence-electron chi connectivity index (χ1n) is 26.6. The zero-order valence-electron chi connectivity index (χ0n) is 44.8. The van der Waals surface area contributed by atoms with E-state index >= 15 is 0 Å². The molecular formula is C62H95NO8. The van der Waals surface area contributed by atoms with Crippen molar-refractivity contribution in [2.75, 3.05) is 47.5 Å². The Morgan fingerprint density at radius 3 is 1.15 bits per heavy atom. The maximum atomic E-state index is 12.8. The molecule has 71 heavy (non-hydrogen) atoms. The number of allylic oxidation sites excluding steroid dienone is 26. The SMILES string of the molecule is CC/C=C\C/C=C\C/C=C\C/C=C\C/C=C\C/C=C\C/C=C\C/C=C\CCCCCCC(=O)OC(COC(=O)CCC/C=C\C/C=C\C/C=C\C/C=C\C/C=C\CC)COC(OCC[N+](C)(C)C)C(=O)[O-]. The van der Waals surface area contributed by atoms with Crippen molar-refractivity contribution in [2.45, 2.75) is 167 Å². The van der Waals surface area contributed by atoms with Crippen LogP contribution in [-0.2, 0) is 33.3 Å². The number of carboxylic acid groups (broad SMARTS) is 1. The van der Waals surface area contributed by atoms with Crippen LogP contribution in [0.4, 0.5) is 0 Å². The van der Waals surface area contributed by atoms with Gasteiger partial charge < -0.3 is 33.3 Å². The molecule has 2 atom stereocenters. The Labute approximate surface area is 432 Å². The van der Waals surface area contributed by atoms with Crippen LogP contribution in [0.2, 0.25) is 0 Å². The van der Waals surface area contributed by atoms with Gasteiger partial charge in [-0.05, 0) is 116 Å². The summed E-state index contributed by atoms with van der Waals surface area (Å²) in [5.41, 5.74) is 0. The summed E-state index contributed by atoms with van der Waals surface area (Å²) in [5, 5.41) is 11.7. The first-order chi connectivity index (χ1) is 34.6. The van der Waals surface area contributed by atoms with Gasteiger partial charge in [-0.15, -0.1) is 0 Å². The molecule has 9 nitrogen and oxygen atoms in total. The lowest BCUT2D eigenvalue weighted by molar-refractivity contribution is -0.870. The second-order valence-electron chi connectivity index (χ2n) is 18.0. The third-order valence-corrected chi connectivity index (χ3v) is 10.3. The summed E-state index contributed by atoms with van der Waals surface area (Å²) in [4.78, 5) is 37.2. The average molecular weight is 982 g/mol. The summed E-state index contributed by atoms with van der Waals surface area (Å²) < 4.78 is 22.5. The summed E-state index contributed by atoms with van der Waals surface area (Å²) >= 11 is 0. The molecule has 0 aromatic rings. The summed E-state index contributed by atoms with van der Waals surface area (Å²) in [5.74, 6) is -2.42. The van der Waals surface area contributed by atoms with E-state index in [2.05, 4.69) is 166 Å². The number of quaternary nitrogens is 1. The highest BCUT2D eigenvalue weighted by molar-refractivity contribution is 5.70. The fourth-order valence-corrected chi connectivity index (χ4v) is 6.23. The molecule has 0 radical (unpaired) electrons. The van der Waals surface area contributed by atoms with Crippen molar-refractivity contribution >= 4 is 17.9 Å². The average Bonchev–Trinajstić information content (AvgIpc) is 3.34. The second-order valence-corrected chi connectivity index (χ2v) is 18.0. The number of ether oxygens (including phenoxy) is 4. The van der Waals surface area contributed by atoms with Crippen LogP contribution >= 0.6 is 0 Å². The highest BCUT2D eigenvalue weighted by atomic mass is 16.7. The maximum Gasteiger partial charge on any atom is 0.306 e. The molecule has 0 saturated heterocycles. The number of carbonyl (C=O) groups is 3. The number of aliphatic carboxylic acids is 1. The molecule has 0 rings (SSSR count). The van der Waals surface area contributed by atoms with E-state index in [-0.39, 0.29) is 32.7 Å². The lowest BCUT2D eigenvalue weighted by Gasteiger charge is -2.26. The van der Waals surface area contributed by atoms with Crippen LogP contribution in [0.1, 0.15) is 155 Å². The smallest absolute Gasteiger partial charge is 0.306 e. The van der Waals surface area contributed by atoms with Crippen LogP contribution in [0.5, 0.6) is 0 Å². The zero-order chi connectivity index (χ0) is 52.0. The Morgan fingerprint density at radius 2 is 0.775 bits per heavy atom. The third kappa shape index (κ3) is 52.6. The maximum absolute atomic E-state index is 12.8. The number of esters is 2. The number of carboxylic acids is 1. The molecule has 0 amide bonds. The molecule has 0 fully saturated rings. The number of unbranched alkanes of at least 4 members (excludes halogenated alkanes) is 5. The zero-order valence-corrected chi connectivity index (χ0v) is 44.8. The van der Waals surface area contributed by atoms with Crippen molar-refractivity contribution in [2.24, 2.45) is 0 Å². The van der Waals surface area contributed by atoms with Gasteiger partial charge in [0, 0.05) is 12.8 Å². The fraction of sp³-hybridized carbons (Fsp3) is 0.532. The first-order valence-corrected chi connectivity index (χ1v) is 26.6. The first kappa shape index (κ1) is 65.9. The van der Waals surface area contributed by atoms with E-state index in [0.29, 0.717) is 23.9 Å². The van der Waals surface area contributed by atoms with Crippen LogP contribution < -0.4 is 5.11 Å². The van der Waals surface area contributed by atoms with Gasteiger partial charge in [0.15, 0.2) is 12.4 Å². The van der Waals surface area contributed by atoms with Crippen molar-refractivity contribution in [1.82, 2.24) is 0 Å². The van der Waals surface area contributed by atoms with E-state index in [4.69, 9.17) is 18.9 Å². The number of rotatable bonds is 46. The van der Waals surface area contributed by atoms with Crippen LogP contribution in [0.3, 0.4) is 0 Å². The van der Waals surface area contributed by atoms with Gasteiger partial charge in [0.1, 0.15) is 13.2 Å². The van der Waals surface area contributed by atoms with E-state index in [1.807, 2.05) is 27.2 Å². The third-order valence-electron chi connectivity index (χ3n) is 10.3. The lowest BCUT2D eigenvalue weighted by atomic mass is 10.1. The highest BCUT2D eigenvalue weighted by Gasteiger charge is 2.21. The highest BCUT2D eigenvalue weighted by Crippen LogP contribution is 2.11. The molecule has 9 heteroatoms. The van der Waals surface area contributed by atoms with Gasteiger partial charge in [0.05, 0.1) is 40.3 Å². The molecule has 0 bridgehead atoms. The number of hydrogen-bond acceptors (Lipinski definition) is 8. The number of likely N-dealkylation sites (N-methyl/N-ethyl adjacent to an activating group) is 1. The molecular weight excluding hydrogens is 887 g/mol. The molecule has 0 N–H and O–H groups in total. The van der Waals surface area contributed by atoms with Crippen molar-refractivity contribution in [3.63, 3.8) is 0 Å². The summed E-state index contributed by atoms with van der Waals surface area (Å²) in [6.07, 6.45) is 72.9. The quantitative estimate of drug-likeness (QED) is 0.0195. The largest absolute Gasteiger partial charge is 0.545 e. The molecule has 0 aliphatic heterocycles. The number of hydrogen-bond donors (Lipinski definition) is 0. The Kier molecular flexibility index (Phi) is 47.6. The molecule has 2 unspecified atom stereocenters. The standard InChI is InChI=1S/C62H95NO8/c1-6-8-10-12-14-16-18-20-22-24-25-26-27-28-29-30-31-32-33-34-35-37-39-41-43-45-47-49-51-53-60(65)71-58(57-70-62(61(66)67)68-55-54-63(3,4)5)56-69-59(64)52-50-48-46-44-42-40-38-36-23-21-19-17-15-13-11-9-7-2/h8-11,14-17,20-23,25-26,28-29,31-32,34-35,38-41,44,46,58,62H,6-7,12-13,18-19,24,27,30,33,36-37,42-43,45,47-57H2,1-5H3/b10-8-,11-9-,16-14-,17-15-,22-20-,23-21-,26-25-,29-28-,32-31-,35-34-,40-38-,41-39-,46-44-. The minimum absolute atomic E-state index is 0.123. The monoisotopic (exact) mass is 982 g/mol. The molecule has 0 aliphatic carbocycles. The van der Waals surface area contributed by atoms with Gasteiger partial charge in [-0.2, -0.15) is 0 Å². The van der Waals surface area contributed by atoms with Gasteiger partial charge >= 0.3 is 11.9 Å². The topological polar surface area (TPSA) is 111 Å². The van der Waals surface area contributed by atoms with Gasteiger partial charge in [0.2, 0.25) is 0 Å². The van der Waals surface area contributed by atoms with Gasteiger partial charge in [0.25, 0.3) is 0 Å². The predicted octanol–water partition coefficient (Wildman–Crippen LogP) is 14.1. The summed E-state index contributed by atoms with van der Waals surface area (Å²) in [7, 11) is 5.87. The van der Waals surface area contributed by atoms with Crippen LogP contribution in [0, 0.1) is 0 Å². The molecule has 0 saturated carbocycles. The molecule has 0 aliphatic rings. The van der Waals surface area contributed by atoms with Gasteiger partial charge in [-0.3, -0.25) is 9.59 Å².